The van der Waals surface area contributed by atoms with E-state index in [2.05, 4.69) is 34.5 Å². The first-order valence-corrected chi connectivity index (χ1v) is 12.0. The monoisotopic (exact) mass is 453 g/mol. The fourth-order valence-corrected chi connectivity index (χ4v) is 4.97. The van der Waals surface area contributed by atoms with E-state index in [1.807, 2.05) is 6.07 Å². The largest absolute Gasteiger partial charge is 0.355 e. The molecule has 5 nitrogen and oxygen atoms in total. The maximum Gasteiger partial charge on any atom is 0.253 e. The molecule has 170 valence electrons. The highest BCUT2D eigenvalue weighted by Crippen LogP contribution is 2.21. The van der Waals surface area contributed by atoms with Gasteiger partial charge in [0.05, 0.1) is 5.92 Å². The molecule has 4 rings (SSSR count). The normalized spacial score (nSPS) is 21.8. The smallest absolute Gasteiger partial charge is 0.253 e. The lowest BCUT2D eigenvalue weighted by atomic mass is 9.94. The number of nitrogens with one attached hydrogen (secondary N) is 1. The van der Waals surface area contributed by atoms with Crippen molar-refractivity contribution >= 4 is 23.4 Å². The summed E-state index contributed by atoms with van der Waals surface area (Å²) in [6.45, 7) is 4.99. The predicted octanol–water partition coefficient (Wildman–Crippen LogP) is 4.22. The average Bonchev–Trinajstić information content (AvgIpc) is 2.83. The second-order valence-corrected chi connectivity index (χ2v) is 9.51. The number of benzene rings is 2. The number of halogens is 1. The fourth-order valence-electron chi connectivity index (χ4n) is 4.84. The van der Waals surface area contributed by atoms with Crippen molar-refractivity contribution in [1.29, 1.82) is 0 Å². The lowest BCUT2D eigenvalue weighted by molar-refractivity contribution is -0.126. The van der Waals surface area contributed by atoms with Crippen LogP contribution in [-0.2, 0) is 11.3 Å². The molecule has 2 amide bonds. The highest BCUT2D eigenvalue weighted by Gasteiger charge is 2.29. The van der Waals surface area contributed by atoms with Gasteiger partial charge in [-0.1, -0.05) is 41.9 Å². The molecule has 0 radical (unpaired) electrons. The molecule has 0 unspecified atom stereocenters. The average molecular weight is 454 g/mol. The van der Waals surface area contributed by atoms with Crippen LogP contribution in [0.25, 0.3) is 0 Å². The topological polar surface area (TPSA) is 52.7 Å². The molecule has 2 aliphatic rings. The minimum Gasteiger partial charge on any atom is -0.355 e. The van der Waals surface area contributed by atoms with Gasteiger partial charge in [-0.15, -0.1) is 0 Å². The van der Waals surface area contributed by atoms with Crippen LogP contribution in [0.2, 0.25) is 5.02 Å². The molecule has 2 aliphatic heterocycles. The Kier molecular flexibility index (Phi) is 7.82. The summed E-state index contributed by atoms with van der Waals surface area (Å²) in [5.41, 5.74) is 1.96. The number of amides is 2. The van der Waals surface area contributed by atoms with E-state index in [0.717, 1.165) is 38.9 Å². The van der Waals surface area contributed by atoms with Gasteiger partial charge in [0.25, 0.3) is 5.91 Å². The first kappa shape index (κ1) is 22.8. The molecule has 0 bridgehead atoms. The summed E-state index contributed by atoms with van der Waals surface area (Å²) in [5, 5.41) is 3.81. The summed E-state index contributed by atoms with van der Waals surface area (Å²) in [4.78, 5) is 30.0. The second-order valence-electron chi connectivity index (χ2n) is 9.07. The standard InChI is InChI=1S/C26H32ClN3O2/c27-24-12-10-22(11-13-24)26(32)30-15-5-9-23(19-30)25(31)28-16-21-8-4-14-29(18-21)17-20-6-2-1-3-7-20/h1-3,6-7,10-13,21,23H,4-5,8-9,14-19H2,(H,28,31)/t21-,23+/m1/s1. The van der Waals surface area contributed by atoms with Gasteiger partial charge in [-0.25, -0.2) is 0 Å². The summed E-state index contributed by atoms with van der Waals surface area (Å²) < 4.78 is 0. The van der Waals surface area contributed by atoms with Crippen LogP contribution < -0.4 is 5.32 Å². The van der Waals surface area contributed by atoms with Crippen LogP contribution in [0.4, 0.5) is 0 Å². The molecule has 2 aromatic carbocycles. The Bertz CT molecular complexity index is 903. The Morgan fingerprint density at radius 3 is 2.47 bits per heavy atom. The Morgan fingerprint density at radius 1 is 0.938 bits per heavy atom. The molecule has 0 aromatic heterocycles. The molecule has 2 heterocycles. The van der Waals surface area contributed by atoms with Crippen molar-refractivity contribution < 1.29 is 9.59 Å². The van der Waals surface area contributed by atoms with E-state index in [9.17, 15) is 9.59 Å². The van der Waals surface area contributed by atoms with E-state index in [1.165, 1.54) is 12.0 Å². The summed E-state index contributed by atoms with van der Waals surface area (Å²) in [6.07, 6.45) is 4.00. The molecule has 6 heteroatoms. The first-order chi connectivity index (χ1) is 15.6. The zero-order chi connectivity index (χ0) is 22.3. The molecule has 32 heavy (non-hydrogen) atoms. The van der Waals surface area contributed by atoms with Crippen LogP contribution in [0.15, 0.2) is 54.6 Å². The third-order valence-corrected chi connectivity index (χ3v) is 6.84. The molecule has 2 atom stereocenters. The van der Waals surface area contributed by atoms with Gasteiger partial charge in [-0.3, -0.25) is 14.5 Å². The Hall–Kier alpha value is -2.37. The van der Waals surface area contributed by atoms with Crippen molar-refractivity contribution in [3.8, 4) is 0 Å². The molecule has 2 fully saturated rings. The maximum absolute atomic E-state index is 12.9. The van der Waals surface area contributed by atoms with Crippen LogP contribution in [0.3, 0.4) is 0 Å². The van der Waals surface area contributed by atoms with Gasteiger partial charge in [0.2, 0.25) is 5.91 Å². The quantitative estimate of drug-likeness (QED) is 0.712. The molecule has 0 aliphatic carbocycles. The van der Waals surface area contributed by atoms with Crippen LogP contribution in [-0.4, -0.2) is 54.3 Å². The molecule has 0 spiro atoms. The number of nitrogens with zero attached hydrogens (tertiary/aromatic N) is 2. The zero-order valence-corrected chi connectivity index (χ0v) is 19.3. The summed E-state index contributed by atoms with van der Waals surface area (Å²) in [5.74, 6) is 0.401. The SMILES string of the molecule is O=C(NC[C@H]1CCCN(Cc2ccccc2)C1)[C@H]1CCCN(C(=O)c2ccc(Cl)cc2)C1. The van der Waals surface area contributed by atoms with Crippen molar-refractivity contribution in [2.24, 2.45) is 11.8 Å². The van der Waals surface area contributed by atoms with Crippen molar-refractivity contribution in [3.05, 3.63) is 70.7 Å². The summed E-state index contributed by atoms with van der Waals surface area (Å²) in [7, 11) is 0. The Balaban J connectivity index is 1.25. The van der Waals surface area contributed by atoms with Gasteiger partial charge in [-0.2, -0.15) is 0 Å². The number of carbonyl (C=O) groups excluding carboxylic acids is 2. The van der Waals surface area contributed by atoms with Crippen LogP contribution in [0.1, 0.15) is 41.6 Å². The van der Waals surface area contributed by atoms with Gasteiger partial charge in [-0.05, 0) is 68.0 Å². The van der Waals surface area contributed by atoms with Crippen LogP contribution >= 0.6 is 11.6 Å². The molecule has 1 N–H and O–H groups in total. The molecular formula is C26H32ClN3O2. The van der Waals surface area contributed by atoms with Crippen molar-refractivity contribution in [2.45, 2.75) is 32.2 Å². The summed E-state index contributed by atoms with van der Waals surface area (Å²) >= 11 is 5.93. The maximum atomic E-state index is 12.9. The highest BCUT2D eigenvalue weighted by molar-refractivity contribution is 6.30. The number of carbonyl (C=O) groups is 2. The van der Waals surface area contributed by atoms with Crippen molar-refractivity contribution in [2.75, 3.05) is 32.7 Å². The minimum absolute atomic E-state index is 0.0250. The molecular weight excluding hydrogens is 422 g/mol. The summed E-state index contributed by atoms with van der Waals surface area (Å²) in [6, 6.07) is 17.5. The third kappa shape index (κ3) is 6.11. The van der Waals surface area contributed by atoms with Gasteiger partial charge in [0.15, 0.2) is 0 Å². The van der Waals surface area contributed by atoms with Gasteiger partial charge >= 0.3 is 0 Å². The Labute approximate surface area is 195 Å². The number of rotatable bonds is 6. The number of hydrogen-bond donors (Lipinski definition) is 1. The van der Waals surface area contributed by atoms with E-state index >= 15 is 0 Å². The van der Waals surface area contributed by atoms with Gasteiger partial charge in [0.1, 0.15) is 0 Å². The number of piperidine rings is 2. The third-order valence-electron chi connectivity index (χ3n) is 6.59. The van der Waals surface area contributed by atoms with E-state index in [4.69, 9.17) is 11.6 Å². The lowest BCUT2D eigenvalue weighted by Crippen LogP contribution is -2.47. The number of hydrogen-bond acceptors (Lipinski definition) is 3. The molecule has 2 aromatic rings. The lowest BCUT2D eigenvalue weighted by Gasteiger charge is -2.34. The fraction of sp³-hybridized carbons (Fsp3) is 0.462. The predicted molar refractivity (Wildman–Crippen MR) is 128 cm³/mol. The first-order valence-electron chi connectivity index (χ1n) is 11.7. The molecule has 2 saturated heterocycles. The zero-order valence-electron chi connectivity index (χ0n) is 18.5. The van der Waals surface area contributed by atoms with Crippen LogP contribution in [0.5, 0.6) is 0 Å². The molecule has 0 saturated carbocycles. The van der Waals surface area contributed by atoms with E-state index in [1.54, 1.807) is 29.2 Å². The van der Waals surface area contributed by atoms with Crippen molar-refractivity contribution in [1.82, 2.24) is 15.1 Å². The van der Waals surface area contributed by atoms with E-state index in [-0.39, 0.29) is 17.7 Å². The van der Waals surface area contributed by atoms with Gasteiger partial charge in [0, 0.05) is 43.3 Å². The number of likely N-dealkylation sites (tertiary alicyclic amines) is 2. The second kappa shape index (κ2) is 11.0. The van der Waals surface area contributed by atoms with E-state index < -0.39 is 0 Å². The van der Waals surface area contributed by atoms with E-state index in [0.29, 0.717) is 36.1 Å². The minimum atomic E-state index is -0.135. The Morgan fingerprint density at radius 2 is 1.69 bits per heavy atom. The van der Waals surface area contributed by atoms with Crippen LogP contribution in [0, 0.1) is 11.8 Å². The van der Waals surface area contributed by atoms with Crippen molar-refractivity contribution in [3.63, 3.8) is 0 Å². The van der Waals surface area contributed by atoms with Gasteiger partial charge < -0.3 is 10.2 Å². The highest BCUT2D eigenvalue weighted by atomic mass is 35.5.